The molecule has 53 valence electrons. The molecule has 0 fully saturated rings. The standard InChI is InChI=1S/B.Ca.Cu.Fe.HI.Mg.Mn.Mo.Zn.4H/h;;;;1H;;;;;;;;/q;+2;;;;+2;;;;4*-1. The largest absolute Gasteiger partial charge is 2.00 e. The summed E-state index contributed by atoms with van der Waals surface area (Å²) in [6, 6.07) is 0. The molecule has 0 unspecified atom stereocenters. The Morgan fingerprint density at radius 1 is 1.11 bits per heavy atom. The third-order valence-corrected chi connectivity index (χ3v) is 0. The molecule has 0 spiro atoms. The van der Waals surface area contributed by atoms with E-state index in [1.54, 1.807) is 0 Å². The van der Waals surface area contributed by atoms with Gasteiger partial charge in [-0.1, -0.05) is 0 Å². The minimum Gasteiger partial charge on any atom is -1.00 e. The zero-order valence-corrected chi connectivity index (χ0v) is 18.7. The van der Waals surface area contributed by atoms with Gasteiger partial charge in [0.2, 0.25) is 0 Å². The van der Waals surface area contributed by atoms with Gasteiger partial charge in [-0.25, -0.2) is 0 Å². The fraction of sp³-hybridized carbons (Fsp3) is 0. The maximum atomic E-state index is 0. The van der Waals surface area contributed by atoms with Crippen LogP contribution in [0.2, 0.25) is 0 Å². The second-order valence-corrected chi connectivity index (χ2v) is 0. The van der Waals surface area contributed by atoms with Crippen LogP contribution >= 0.6 is 24.0 Å². The third kappa shape index (κ3) is 57.8. The first kappa shape index (κ1) is 85.0. The van der Waals surface area contributed by atoms with Crippen LogP contribution in [0.5, 0.6) is 0 Å². The fourth-order valence-electron chi connectivity index (χ4n) is 0. The van der Waals surface area contributed by atoms with Crippen LogP contribution in [0.1, 0.15) is 5.71 Å². The van der Waals surface area contributed by atoms with Crippen LogP contribution in [0.3, 0.4) is 0 Å². The van der Waals surface area contributed by atoms with Crippen LogP contribution in [-0.2, 0) is 91.7 Å². The van der Waals surface area contributed by atoms with Crippen molar-refractivity contribution < 1.29 is 97.5 Å². The molecule has 0 atom stereocenters. The van der Waals surface area contributed by atoms with Gasteiger partial charge in [0.05, 0.1) is 0 Å². The molecule has 0 bridgehead atoms. The van der Waals surface area contributed by atoms with E-state index < -0.39 is 0 Å². The van der Waals surface area contributed by atoms with Gasteiger partial charge in [0.1, 0.15) is 0 Å². The van der Waals surface area contributed by atoms with Crippen molar-refractivity contribution in [1.82, 2.24) is 0 Å². The van der Waals surface area contributed by atoms with Crippen molar-refractivity contribution in [2.75, 3.05) is 0 Å². The van der Waals surface area contributed by atoms with Crippen molar-refractivity contribution >= 4 is 93.2 Å². The first-order chi connectivity index (χ1) is 0. The number of rotatable bonds is 0. The van der Waals surface area contributed by atoms with Crippen LogP contribution < -0.4 is 0 Å². The summed E-state index contributed by atoms with van der Waals surface area (Å²) >= 11 is 0. The molecule has 0 N–H and O–H groups in total. The van der Waals surface area contributed by atoms with Crippen LogP contribution in [0.15, 0.2) is 0 Å². The van der Waals surface area contributed by atoms with E-state index >= 15 is 0 Å². The van der Waals surface area contributed by atoms with Gasteiger partial charge in [-0.15, -0.1) is 24.0 Å². The van der Waals surface area contributed by atoms with Crippen LogP contribution in [-0.4, -0.2) is 69.2 Å². The summed E-state index contributed by atoms with van der Waals surface area (Å²) in [4.78, 5) is 0. The molecule has 0 saturated carbocycles. The molecule has 0 heterocycles. The Bertz CT molecular complexity index is 40.1. The van der Waals surface area contributed by atoms with E-state index in [2.05, 4.69) is 0 Å². The SMILES string of the molecule is I.[B].[Ca+2].[Cu].[Fe].[H-].[H-].[H-].[H-].[Mg+2].[Mn].[Mo].[Zn]. The molecule has 0 aromatic heterocycles. The Morgan fingerprint density at radius 3 is 1.11 bits per heavy atom. The zero-order valence-electron chi connectivity index (χ0n) is 8.55. The normalized spacial score (nSPS) is 0. The average molecular weight is 543 g/mol. The van der Waals surface area contributed by atoms with E-state index in [1.165, 1.54) is 0 Å². The molecule has 5 radical (unpaired) electrons. The Labute approximate surface area is 186 Å². The molecular formula is H5BCaCuFeIMgMnMoZn. The second kappa shape index (κ2) is 68.1. The van der Waals surface area contributed by atoms with Gasteiger partial charge in [-0.2, -0.15) is 0 Å². The van der Waals surface area contributed by atoms with Crippen molar-refractivity contribution in [3.8, 4) is 0 Å². The quantitative estimate of drug-likeness (QED) is 0.297. The average Bonchev–Trinajstić information content (AvgIpc) is 0. The maximum absolute atomic E-state index is 0. The van der Waals surface area contributed by atoms with Gasteiger partial charge in [0, 0.05) is 100 Å². The minimum atomic E-state index is 0. The van der Waals surface area contributed by atoms with E-state index in [4.69, 9.17) is 0 Å². The summed E-state index contributed by atoms with van der Waals surface area (Å²) in [6.45, 7) is 0. The Kier molecular flexibility index (Phi) is 643. The molecule has 0 amide bonds. The van der Waals surface area contributed by atoms with E-state index in [0.717, 1.165) is 0 Å². The van der Waals surface area contributed by atoms with Crippen LogP contribution in [0.4, 0.5) is 0 Å². The smallest absolute Gasteiger partial charge is 1.00 e. The molecule has 0 aliphatic carbocycles. The molecule has 0 rings (SSSR count). The second-order valence-electron chi connectivity index (χ2n) is 0. The maximum Gasteiger partial charge on any atom is 2.00 e. The predicted molar refractivity (Wildman–Crippen MR) is 37.1 cm³/mol. The van der Waals surface area contributed by atoms with E-state index in [9.17, 15) is 0 Å². The molecule has 9 heteroatoms. The molecular weight excluding hydrogens is 538 g/mol. The van der Waals surface area contributed by atoms with Crippen molar-refractivity contribution in [2.24, 2.45) is 0 Å². The molecule has 0 aliphatic heterocycles. The predicted octanol–water partition coefficient (Wildman–Crippen LogP) is -0.0869. The number of hydrogen-bond acceptors (Lipinski definition) is 0. The molecule has 0 aromatic rings. The molecule has 9 heavy (non-hydrogen) atoms. The summed E-state index contributed by atoms with van der Waals surface area (Å²) in [5.41, 5.74) is 0. The first-order valence-corrected chi connectivity index (χ1v) is 0. The topological polar surface area (TPSA) is 0 Å². The van der Waals surface area contributed by atoms with Crippen molar-refractivity contribution in [3.05, 3.63) is 0 Å². The van der Waals surface area contributed by atoms with Crippen molar-refractivity contribution in [1.29, 1.82) is 0 Å². The van der Waals surface area contributed by atoms with Gasteiger partial charge < -0.3 is 5.71 Å². The van der Waals surface area contributed by atoms with Gasteiger partial charge in [-0.3, -0.25) is 0 Å². The van der Waals surface area contributed by atoms with Gasteiger partial charge in [-0.05, 0) is 0 Å². The molecule has 0 aliphatic rings. The molecule has 0 saturated heterocycles. The zero-order chi connectivity index (χ0) is 0. The summed E-state index contributed by atoms with van der Waals surface area (Å²) < 4.78 is 0. The third-order valence-electron chi connectivity index (χ3n) is 0. The van der Waals surface area contributed by atoms with Gasteiger partial charge in [0.15, 0.2) is 0 Å². The molecule has 0 nitrogen and oxygen atoms in total. The van der Waals surface area contributed by atoms with Crippen LogP contribution in [0.25, 0.3) is 0 Å². The van der Waals surface area contributed by atoms with Crippen LogP contribution in [0, 0.1) is 0 Å². The number of halogens is 1. The first-order valence-electron chi connectivity index (χ1n) is 0. The van der Waals surface area contributed by atoms with E-state index in [1.807, 2.05) is 0 Å². The fourth-order valence-corrected chi connectivity index (χ4v) is 0. The Hall–Kier alpha value is 5.69. The van der Waals surface area contributed by atoms with Crippen molar-refractivity contribution in [2.45, 2.75) is 0 Å². The van der Waals surface area contributed by atoms with Crippen molar-refractivity contribution in [3.63, 3.8) is 0 Å². The summed E-state index contributed by atoms with van der Waals surface area (Å²) in [5.74, 6) is 0. The Morgan fingerprint density at radius 2 is 1.11 bits per heavy atom. The van der Waals surface area contributed by atoms with Gasteiger partial charge >= 0.3 is 60.8 Å². The van der Waals surface area contributed by atoms with E-state index in [-0.39, 0.29) is 191 Å². The summed E-state index contributed by atoms with van der Waals surface area (Å²) in [6.07, 6.45) is 0. The van der Waals surface area contributed by atoms with E-state index in [0.29, 0.717) is 0 Å². The summed E-state index contributed by atoms with van der Waals surface area (Å²) in [5, 5.41) is 0. The summed E-state index contributed by atoms with van der Waals surface area (Å²) in [7, 11) is 0. The monoisotopic (exact) mass is 543 g/mol. The van der Waals surface area contributed by atoms with Gasteiger partial charge in [0.25, 0.3) is 0 Å². The minimum absolute atomic E-state index is 0. The molecule has 0 aromatic carbocycles. The Balaban J connectivity index is 0. The number of hydrogen-bond donors (Lipinski definition) is 0.